The van der Waals surface area contributed by atoms with Crippen LogP contribution >= 0.6 is 11.5 Å². The zero-order chi connectivity index (χ0) is 15.9. The molecular weight excluding hydrogens is 308 g/mol. The molecule has 2 rings (SSSR count). The van der Waals surface area contributed by atoms with Gasteiger partial charge < -0.3 is 0 Å². The van der Waals surface area contributed by atoms with E-state index in [1.54, 1.807) is 5.43 Å². The second-order valence-electron chi connectivity index (χ2n) is 4.24. The lowest BCUT2D eigenvalue weighted by Gasteiger charge is -1.99. The molecule has 1 aromatic carbocycles. The number of allylic oxidation sites excluding steroid dienone is 1. The Labute approximate surface area is 128 Å². The number of benzene rings is 1. The normalized spacial score (nSPS) is 10.7. The highest BCUT2D eigenvalue weighted by Gasteiger charge is 2.09. The number of aromatic nitrogens is 2. The molecule has 2 aromatic rings. The maximum Gasteiger partial charge on any atom is 0.341 e. The van der Waals surface area contributed by atoms with Gasteiger partial charge in [0.05, 0.1) is 18.4 Å². The molecule has 0 saturated carbocycles. The summed E-state index contributed by atoms with van der Waals surface area (Å²) in [5, 5.41) is 2.22. The van der Waals surface area contributed by atoms with Crippen molar-refractivity contribution in [2.45, 2.75) is 13.1 Å². The molecule has 0 aliphatic heterocycles. The third-order valence-corrected chi connectivity index (χ3v) is 3.63. The molecule has 1 N–H and O–H groups in total. The maximum atomic E-state index is 12.1. The summed E-state index contributed by atoms with van der Waals surface area (Å²) in [5.74, 6) is -0.695. The molecule has 0 spiro atoms. The van der Waals surface area contributed by atoms with Gasteiger partial charge in [0.1, 0.15) is 0 Å². The van der Waals surface area contributed by atoms with Crippen LogP contribution in [0, 0.1) is 4.91 Å². The van der Waals surface area contributed by atoms with Crippen molar-refractivity contribution in [3.63, 3.8) is 0 Å². The summed E-state index contributed by atoms with van der Waals surface area (Å²) in [6.45, 7) is 0.258. The lowest BCUT2D eigenvalue weighted by Crippen LogP contribution is -2.29. The highest BCUT2D eigenvalue weighted by Crippen LogP contribution is 2.00. The minimum absolute atomic E-state index is 0.0623. The highest BCUT2D eigenvalue weighted by atomic mass is 32.1. The van der Waals surface area contributed by atoms with Crippen molar-refractivity contribution < 1.29 is 4.79 Å². The number of carbonyl (C=O) groups is 1. The second-order valence-corrected chi connectivity index (χ2v) is 5.21. The molecule has 0 fully saturated rings. The van der Waals surface area contributed by atoms with E-state index in [1.165, 1.54) is 10.0 Å². The Hall–Kier alpha value is -2.81. The largest absolute Gasteiger partial charge is 0.341 e. The van der Waals surface area contributed by atoms with E-state index in [9.17, 15) is 19.3 Å². The predicted molar refractivity (Wildman–Crippen MR) is 81.5 cm³/mol. The number of amides is 1. The van der Waals surface area contributed by atoms with E-state index in [-0.39, 0.29) is 18.0 Å². The van der Waals surface area contributed by atoms with Gasteiger partial charge in [0.25, 0.3) is 5.91 Å². The smallest absolute Gasteiger partial charge is 0.268 e. The minimum Gasteiger partial charge on any atom is -0.268 e. The van der Waals surface area contributed by atoms with Crippen LogP contribution in [0.5, 0.6) is 0 Å². The molecule has 8 nitrogen and oxygen atoms in total. The van der Waals surface area contributed by atoms with E-state index >= 15 is 0 Å². The van der Waals surface area contributed by atoms with Gasteiger partial charge in [-0.25, -0.2) is 18.7 Å². The molecule has 0 radical (unpaired) electrons. The fraction of sp³-hybridized carbons (Fsp3) is 0.154. The Balaban J connectivity index is 2.14. The van der Waals surface area contributed by atoms with Crippen LogP contribution in [-0.2, 0) is 17.9 Å². The summed E-state index contributed by atoms with van der Waals surface area (Å²) in [6.07, 6.45) is 2.43. The predicted octanol–water partition coefficient (Wildman–Crippen LogP) is 0.474. The minimum atomic E-state index is -0.695. The number of nitroso groups, excluding NO2 is 1. The van der Waals surface area contributed by atoms with Gasteiger partial charge in [-0.3, -0.25) is 9.59 Å². The van der Waals surface area contributed by atoms with Gasteiger partial charge in [-0.05, 0) is 5.56 Å². The molecule has 114 valence electrons. The SMILES string of the molecule is O=NNC(=O)/C=C/Cn1sc(=O)n(Cc2ccccc2)c1=O. The molecule has 0 aliphatic rings. The van der Waals surface area contributed by atoms with E-state index in [1.807, 2.05) is 30.3 Å². The number of nitrogens with zero attached hydrogens (tertiary/aromatic N) is 3. The molecular formula is C13H12N4O4S. The van der Waals surface area contributed by atoms with Crippen LogP contribution < -0.4 is 16.0 Å². The van der Waals surface area contributed by atoms with Crippen LogP contribution in [-0.4, -0.2) is 14.4 Å². The maximum absolute atomic E-state index is 12.1. The molecule has 0 aliphatic carbocycles. The van der Waals surface area contributed by atoms with Crippen molar-refractivity contribution in [2.24, 2.45) is 5.29 Å². The molecule has 1 aromatic heterocycles. The van der Waals surface area contributed by atoms with Crippen LogP contribution in [0.3, 0.4) is 0 Å². The first-order chi connectivity index (χ1) is 10.6. The Bertz CT molecular complexity index is 803. The van der Waals surface area contributed by atoms with Gasteiger partial charge in [0, 0.05) is 17.6 Å². The molecule has 22 heavy (non-hydrogen) atoms. The van der Waals surface area contributed by atoms with Crippen molar-refractivity contribution in [3.8, 4) is 0 Å². The summed E-state index contributed by atoms with van der Waals surface area (Å²) in [4.78, 5) is 44.4. The Morgan fingerprint density at radius 1 is 1.27 bits per heavy atom. The number of rotatable bonds is 6. The number of nitrogens with one attached hydrogen (secondary N) is 1. The van der Waals surface area contributed by atoms with E-state index in [0.29, 0.717) is 0 Å². The average Bonchev–Trinajstić information content (AvgIpc) is 2.76. The van der Waals surface area contributed by atoms with E-state index in [4.69, 9.17) is 0 Å². The number of hydrogen-bond acceptors (Lipinski definition) is 6. The molecule has 0 saturated heterocycles. The lowest BCUT2D eigenvalue weighted by molar-refractivity contribution is -0.116. The Morgan fingerprint density at radius 2 is 2.00 bits per heavy atom. The summed E-state index contributed by atoms with van der Waals surface area (Å²) in [6, 6.07) is 9.15. The highest BCUT2D eigenvalue weighted by molar-refractivity contribution is 7.03. The standard InChI is InChI=1S/C13H12N4O4S/c18-11(14-15-21)7-4-8-17-12(19)16(13(20)22-17)9-10-5-2-1-3-6-10/h1-7H,8-9H2,(H,14,18,21)/b7-4+. The van der Waals surface area contributed by atoms with Crippen LogP contribution in [0.1, 0.15) is 5.56 Å². The number of carbonyl (C=O) groups excluding carboxylic acids is 1. The van der Waals surface area contributed by atoms with E-state index in [0.717, 1.165) is 27.7 Å². The fourth-order valence-electron chi connectivity index (χ4n) is 1.75. The molecule has 1 amide bonds. The van der Waals surface area contributed by atoms with Crippen LogP contribution in [0.4, 0.5) is 0 Å². The monoisotopic (exact) mass is 320 g/mol. The van der Waals surface area contributed by atoms with Crippen molar-refractivity contribution in [1.82, 2.24) is 13.9 Å². The summed E-state index contributed by atoms with van der Waals surface area (Å²) < 4.78 is 2.35. The zero-order valence-corrected chi connectivity index (χ0v) is 12.2. The Morgan fingerprint density at radius 3 is 2.68 bits per heavy atom. The van der Waals surface area contributed by atoms with Crippen LogP contribution in [0.25, 0.3) is 0 Å². The van der Waals surface area contributed by atoms with Crippen molar-refractivity contribution in [2.75, 3.05) is 0 Å². The van der Waals surface area contributed by atoms with E-state index < -0.39 is 11.6 Å². The fourth-order valence-corrected chi connectivity index (χ4v) is 2.51. The van der Waals surface area contributed by atoms with Crippen molar-refractivity contribution >= 4 is 17.4 Å². The molecule has 0 atom stereocenters. The van der Waals surface area contributed by atoms with Gasteiger partial charge >= 0.3 is 10.6 Å². The van der Waals surface area contributed by atoms with Crippen molar-refractivity contribution in [1.29, 1.82) is 0 Å². The van der Waals surface area contributed by atoms with Crippen LogP contribution in [0.2, 0.25) is 0 Å². The van der Waals surface area contributed by atoms with Crippen LogP contribution in [0.15, 0.2) is 57.4 Å². The van der Waals surface area contributed by atoms with Gasteiger partial charge in [-0.15, -0.1) is 4.91 Å². The third kappa shape index (κ3) is 3.85. The summed E-state index contributed by atoms with van der Waals surface area (Å²) >= 11 is 0.769. The van der Waals surface area contributed by atoms with E-state index in [2.05, 4.69) is 5.29 Å². The van der Waals surface area contributed by atoms with Crippen molar-refractivity contribution in [3.05, 3.63) is 73.1 Å². The molecule has 9 heteroatoms. The van der Waals surface area contributed by atoms with Gasteiger partial charge in [-0.1, -0.05) is 36.4 Å². The summed E-state index contributed by atoms with van der Waals surface area (Å²) in [5.41, 5.74) is 2.09. The topological polar surface area (TPSA) is 103 Å². The first kappa shape index (κ1) is 15.6. The Kier molecular flexibility index (Phi) is 5.15. The zero-order valence-electron chi connectivity index (χ0n) is 11.3. The van der Waals surface area contributed by atoms with Gasteiger partial charge in [0.2, 0.25) is 0 Å². The lowest BCUT2D eigenvalue weighted by atomic mass is 10.2. The molecule has 0 bridgehead atoms. The number of hydrogen-bond donors (Lipinski definition) is 1. The van der Waals surface area contributed by atoms with Gasteiger partial charge in [-0.2, -0.15) is 0 Å². The van der Waals surface area contributed by atoms with Gasteiger partial charge in [0.15, 0.2) is 0 Å². The quantitative estimate of drug-likeness (QED) is 0.475. The first-order valence-corrected chi connectivity index (χ1v) is 7.03. The first-order valence-electron chi connectivity index (χ1n) is 6.25. The molecule has 0 unspecified atom stereocenters. The molecule has 1 heterocycles. The third-order valence-electron chi connectivity index (χ3n) is 2.73. The average molecular weight is 320 g/mol. The summed E-state index contributed by atoms with van der Waals surface area (Å²) in [7, 11) is 0. The second kappa shape index (κ2) is 7.27.